The Morgan fingerprint density at radius 2 is 1.56 bits per heavy atom. The van der Waals surface area contributed by atoms with Crippen LogP contribution in [0.25, 0.3) is 0 Å². The molecule has 146 valence electrons. The Kier molecular flexibility index (Phi) is 5.34. The van der Waals surface area contributed by atoms with Gasteiger partial charge in [0.1, 0.15) is 5.66 Å². The summed E-state index contributed by atoms with van der Waals surface area (Å²) in [4.78, 5) is 13.7. The van der Waals surface area contributed by atoms with E-state index in [-0.39, 0.29) is 5.66 Å². The number of likely N-dealkylation sites (tertiary alicyclic amines) is 1. The van der Waals surface area contributed by atoms with Crippen molar-refractivity contribution in [1.29, 1.82) is 0 Å². The molecule has 4 N–H and O–H groups in total. The van der Waals surface area contributed by atoms with E-state index in [9.17, 15) is 0 Å². The van der Waals surface area contributed by atoms with Gasteiger partial charge in [-0.2, -0.15) is 4.99 Å². The summed E-state index contributed by atoms with van der Waals surface area (Å²) in [5.41, 5.74) is 14.3. The summed E-state index contributed by atoms with van der Waals surface area (Å²) in [7, 11) is 0. The summed E-state index contributed by atoms with van der Waals surface area (Å²) < 4.78 is 0. The van der Waals surface area contributed by atoms with Crippen molar-refractivity contribution in [2.45, 2.75) is 63.5 Å². The average Bonchev–Trinajstić information content (AvgIpc) is 2.68. The van der Waals surface area contributed by atoms with Crippen molar-refractivity contribution in [3.63, 3.8) is 0 Å². The van der Waals surface area contributed by atoms with Gasteiger partial charge in [0.2, 0.25) is 11.9 Å². The van der Waals surface area contributed by atoms with Crippen LogP contribution in [0.4, 0.5) is 5.69 Å². The third kappa shape index (κ3) is 3.95. The fourth-order valence-electron chi connectivity index (χ4n) is 4.78. The van der Waals surface area contributed by atoms with Crippen molar-refractivity contribution < 1.29 is 0 Å². The van der Waals surface area contributed by atoms with Crippen molar-refractivity contribution in [3.8, 4) is 0 Å². The molecule has 4 rings (SSSR count). The number of rotatable bonds is 4. The molecule has 1 aliphatic carbocycles. The Bertz CT molecular complexity index is 696. The molecule has 2 aliphatic heterocycles. The molecule has 0 atom stereocenters. The van der Waals surface area contributed by atoms with Gasteiger partial charge in [0, 0.05) is 12.2 Å². The highest BCUT2D eigenvalue weighted by Crippen LogP contribution is 2.39. The number of nitrogens with zero attached hydrogens (tertiary/aromatic N) is 4. The third-order valence-corrected chi connectivity index (χ3v) is 6.21. The molecule has 1 aromatic carbocycles. The second-order valence-electron chi connectivity index (χ2n) is 8.14. The lowest BCUT2D eigenvalue weighted by atomic mass is 9.87. The molecule has 1 spiro atoms. The van der Waals surface area contributed by atoms with Crippen molar-refractivity contribution >= 4 is 17.6 Å². The Labute approximate surface area is 162 Å². The summed E-state index contributed by atoms with van der Waals surface area (Å²) in [5.74, 6) is 0.772. The molecule has 27 heavy (non-hydrogen) atoms. The van der Waals surface area contributed by atoms with Gasteiger partial charge in [0.05, 0.1) is 0 Å². The van der Waals surface area contributed by atoms with Gasteiger partial charge in [0.25, 0.3) is 0 Å². The molecule has 6 nitrogen and oxygen atoms in total. The van der Waals surface area contributed by atoms with Crippen molar-refractivity contribution in [2.24, 2.45) is 21.5 Å². The minimum Gasteiger partial charge on any atom is -0.369 e. The Balaban J connectivity index is 1.49. The van der Waals surface area contributed by atoms with Crippen molar-refractivity contribution in [1.82, 2.24) is 4.90 Å². The molecule has 0 amide bonds. The van der Waals surface area contributed by atoms with Gasteiger partial charge in [-0.15, -0.1) is 0 Å². The Morgan fingerprint density at radius 3 is 2.26 bits per heavy atom. The molecule has 0 unspecified atom stereocenters. The predicted octanol–water partition coefficient (Wildman–Crippen LogP) is 2.82. The second kappa shape index (κ2) is 7.89. The number of anilines is 1. The van der Waals surface area contributed by atoms with E-state index in [2.05, 4.69) is 39.1 Å². The normalized spacial score (nSPS) is 23.2. The van der Waals surface area contributed by atoms with Crippen LogP contribution in [-0.2, 0) is 6.42 Å². The summed E-state index contributed by atoms with van der Waals surface area (Å²) >= 11 is 0. The van der Waals surface area contributed by atoms with Crippen LogP contribution < -0.4 is 16.4 Å². The SMILES string of the molecule is NC1=NC2(CCCCC2)N(c2ccc(CCN3CCCCC3)cc2)C(N)=N1. The molecular formula is C21H32N6. The highest BCUT2D eigenvalue weighted by molar-refractivity contribution is 6.05. The molecule has 1 saturated carbocycles. The van der Waals surface area contributed by atoms with Crippen LogP contribution in [0.2, 0.25) is 0 Å². The number of hydrogen-bond donors (Lipinski definition) is 2. The third-order valence-electron chi connectivity index (χ3n) is 6.21. The largest absolute Gasteiger partial charge is 0.369 e. The van der Waals surface area contributed by atoms with Crippen molar-refractivity contribution in [2.75, 3.05) is 24.5 Å². The maximum atomic E-state index is 6.31. The topological polar surface area (TPSA) is 83.2 Å². The molecule has 3 aliphatic rings. The molecule has 0 bridgehead atoms. The molecular weight excluding hydrogens is 336 g/mol. The maximum absolute atomic E-state index is 6.31. The van der Waals surface area contributed by atoms with Crippen LogP contribution in [0.5, 0.6) is 0 Å². The van der Waals surface area contributed by atoms with Gasteiger partial charge >= 0.3 is 0 Å². The number of guanidine groups is 2. The number of nitrogens with two attached hydrogens (primary N) is 2. The Morgan fingerprint density at radius 1 is 0.889 bits per heavy atom. The lowest BCUT2D eigenvalue weighted by molar-refractivity contribution is 0.231. The highest BCUT2D eigenvalue weighted by atomic mass is 15.4. The van der Waals surface area contributed by atoms with Crippen LogP contribution in [0.1, 0.15) is 56.9 Å². The molecule has 2 fully saturated rings. The van der Waals surface area contributed by atoms with E-state index in [0.29, 0.717) is 11.9 Å². The molecule has 6 heteroatoms. The van der Waals surface area contributed by atoms with E-state index < -0.39 is 0 Å². The van der Waals surface area contributed by atoms with Gasteiger partial charge in [-0.3, -0.25) is 4.90 Å². The van der Waals surface area contributed by atoms with Crippen molar-refractivity contribution in [3.05, 3.63) is 29.8 Å². The van der Waals surface area contributed by atoms with E-state index in [1.807, 2.05) is 0 Å². The summed E-state index contributed by atoms with van der Waals surface area (Å²) in [5, 5.41) is 0. The monoisotopic (exact) mass is 368 g/mol. The molecule has 0 radical (unpaired) electrons. The highest BCUT2D eigenvalue weighted by Gasteiger charge is 2.42. The zero-order chi connectivity index (χ0) is 18.7. The van der Waals surface area contributed by atoms with Gasteiger partial charge in [0.15, 0.2) is 0 Å². The average molecular weight is 369 g/mol. The zero-order valence-corrected chi connectivity index (χ0v) is 16.2. The minimum atomic E-state index is -0.358. The van der Waals surface area contributed by atoms with E-state index >= 15 is 0 Å². The lowest BCUT2D eigenvalue weighted by Gasteiger charge is -2.45. The predicted molar refractivity (Wildman–Crippen MR) is 112 cm³/mol. The van der Waals surface area contributed by atoms with Gasteiger partial charge < -0.3 is 16.4 Å². The number of benzene rings is 1. The molecule has 1 saturated heterocycles. The van der Waals surface area contributed by atoms with E-state index in [1.54, 1.807) is 0 Å². The number of hydrogen-bond acceptors (Lipinski definition) is 6. The van der Waals surface area contributed by atoms with Gasteiger partial charge in [-0.05, 0) is 75.7 Å². The zero-order valence-electron chi connectivity index (χ0n) is 16.2. The van der Waals surface area contributed by atoms with Crippen LogP contribution in [-0.4, -0.2) is 42.1 Å². The lowest BCUT2D eigenvalue weighted by Crippen LogP contribution is -2.58. The molecule has 2 heterocycles. The first-order valence-electron chi connectivity index (χ1n) is 10.5. The summed E-state index contributed by atoms with van der Waals surface area (Å²) in [6, 6.07) is 8.79. The minimum absolute atomic E-state index is 0.309. The first kappa shape index (κ1) is 18.3. The summed E-state index contributed by atoms with van der Waals surface area (Å²) in [6.45, 7) is 3.65. The van der Waals surface area contributed by atoms with Crippen LogP contribution in [0.3, 0.4) is 0 Å². The van der Waals surface area contributed by atoms with E-state index in [0.717, 1.165) is 44.3 Å². The summed E-state index contributed by atoms with van der Waals surface area (Å²) in [6.07, 6.45) is 10.7. The van der Waals surface area contributed by atoms with E-state index in [4.69, 9.17) is 16.5 Å². The quantitative estimate of drug-likeness (QED) is 0.856. The molecule has 1 aromatic rings. The van der Waals surface area contributed by atoms with Crippen LogP contribution in [0, 0.1) is 0 Å². The smallest absolute Gasteiger partial charge is 0.220 e. The first-order chi connectivity index (χ1) is 13.2. The number of aliphatic imine (C=N–C) groups is 2. The Hall–Kier alpha value is -2.08. The van der Waals surface area contributed by atoms with Crippen LogP contribution in [0.15, 0.2) is 34.3 Å². The molecule has 0 aromatic heterocycles. The van der Waals surface area contributed by atoms with Gasteiger partial charge in [-0.1, -0.05) is 25.0 Å². The fraction of sp³-hybridized carbons (Fsp3) is 0.619. The van der Waals surface area contributed by atoms with Gasteiger partial charge in [-0.25, -0.2) is 4.99 Å². The van der Waals surface area contributed by atoms with E-state index in [1.165, 1.54) is 44.3 Å². The second-order valence-corrected chi connectivity index (χ2v) is 8.14. The number of piperidine rings is 1. The fourth-order valence-corrected chi connectivity index (χ4v) is 4.78. The van der Waals surface area contributed by atoms with Crippen LogP contribution >= 0.6 is 0 Å². The maximum Gasteiger partial charge on any atom is 0.220 e. The standard InChI is InChI=1S/C21H32N6/c22-19-24-20(23)27(21(25-19)12-3-1-4-13-21)18-9-7-17(8-10-18)11-16-26-14-5-2-6-15-26/h7-10H,1-6,11-16H2,(H4,22,23,24,25). The first-order valence-corrected chi connectivity index (χ1v) is 10.5.